The van der Waals surface area contributed by atoms with Gasteiger partial charge in [0.25, 0.3) is 0 Å². The summed E-state index contributed by atoms with van der Waals surface area (Å²) in [6.07, 6.45) is 72.5. The molecule has 1 amide bonds. The predicted molar refractivity (Wildman–Crippen MR) is 301 cm³/mol. The van der Waals surface area contributed by atoms with Crippen molar-refractivity contribution in [3.8, 4) is 0 Å². The molecule has 3 N–H and O–H groups in total. The molecule has 3 unspecified atom stereocenters. The van der Waals surface area contributed by atoms with Crippen molar-refractivity contribution < 1.29 is 24.5 Å². The summed E-state index contributed by atoms with van der Waals surface area (Å²) in [6, 6.07) is -0.717. The molecular weight excluding hydrogens is 851 g/mol. The van der Waals surface area contributed by atoms with Gasteiger partial charge in [-0.05, 0) is 103 Å². The standard InChI is InChI=1S/C63H113NO5/c1-4-7-10-13-16-19-22-25-28-30-31-32-35-38-41-44-47-50-53-56-63(68)69-59(54-51-48-45-42-39-36-33-27-24-21-18-15-12-9-6-3)57-62(67)64-60(58-65)61(66)55-52-49-46-43-40-37-34-29-26-23-20-17-14-11-8-5-2/h16,18-19,21,25,27-28,31-33,38,41,59-61,65-66H,4-15,17,20,22-24,26,29-30,34-37,39-40,42-58H2,1-3H3,(H,64,67)/b19-16-,21-18-,28-25-,32-31-,33-27-,41-38-. The van der Waals surface area contributed by atoms with Crippen LogP contribution in [0.2, 0.25) is 0 Å². The average Bonchev–Trinajstić information content (AvgIpc) is 3.34. The Morgan fingerprint density at radius 3 is 1.14 bits per heavy atom. The zero-order valence-corrected chi connectivity index (χ0v) is 45.7. The molecule has 0 aromatic carbocycles. The topological polar surface area (TPSA) is 95.9 Å². The quantitative estimate of drug-likeness (QED) is 0.0321. The Labute approximate surface area is 428 Å². The van der Waals surface area contributed by atoms with Crippen molar-refractivity contribution in [2.45, 2.75) is 309 Å². The van der Waals surface area contributed by atoms with Gasteiger partial charge in [-0.2, -0.15) is 0 Å². The van der Waals surface area contributed by atoms with E-state index in [2.05, 4.69) is 99.0 Å². The number of unbranched alkanes of at least 4 members (excludes halogenated alkanes) is 29. The molecule has 0 saturated carbocycles. The third kappa shape index (κ3) is 51.5. The zero-order chi connectivity index (χ0) is 50.2. The van der Waals surface area contributed by atoms with E-state index in [1.807, 2.05) is 0 Å². The first-order valence-electron chi connectivity index (χ1n) is 29.7. The van der Waals surface area contributed by atoms with Gasteiger partial charge in [-0.1, -0.05) is 248 Å². The number of aliphatic hydroxyl groups excluding tert-OH is 2. The van der Waals surface area contributed by atoms with E-state index in [1.54, 1.807) is 0 Å². The van der Waals surface area contributed by atoms with E-state index < -0.39 is 18.2 Å². The Morgan fingerprint density at radius 1 is 0.420 bits per heavy atom. The van der Waals surface area contributed by atoms with Crippen LogP contribution in [0.15, 0.2) is 72.9 Å². The number of hydrogen-bond acceptors (Lipinski definition) is 5. The lowest BCUT2D eigenvalue weighted by Gasteiger charge is -2.24. The van der Waals surface area contributed by atoms with E-state index in [9.17, 15) is 19.8 Å². The number of aliphatic hydroxyl groups is 2. The molecule has 3 atom stereocenters. The van der Waals surface area contributed by atoms with Crippen molar-refractivity contribution in [1.29, 1.82) is 0 Å². The van der Waals surface area contributed by atoms with Gasteiger partial charge in [-0.3, -0.25) is 9.59 Å². The SMILES string of the molecule is CCCCC/C=C\C/C=C\C/C=C\C/C=C\CCCCCC(=O)OC(CCCCCCC/C=C\C/C=C\CCCCC)CC(=O)NC(CO)C(O)CCCCCCCCCCCCCCCCCC. The summed E-state index contributed by atoms with van der Waals surface area (Å²) in [5.74, 6) is -0.519. The highest BCUT2D eigenvalue weighted by atomic mass is 16.5. The first-order chi connectivity index (χ1) is 34.0. The van der Waals surface area contributed by atoms with Crippen LogP contribution < -0.4 is 5.32 Å². The molecule has 0 radical (unpaired) electrons. The molecule has 0 aliphatic carbocycles. The fourth-order valence-electron chi connectivity index (χ4n) is 8.74. The highest BCUT2D eigenvalue weighted by molar-refractivity contribution is 5.77. The Morgan fingerprint density at radius 2 is 0.739 bits per heavy atom. The molecule has 0 aliphatic rings. The van der Waals surface area contributed by atoms with Gasteiger partial charge in [0.2, 0.25) is 5.91 Å². The monoisotopic (exact) mass is 964 g/mol. The molecule has 0 aromatic heterocycles. The van der Waals surface area contributed by atoms with Crippen molar-refractivity contribution in [2.24, 2.45) is 0 Å². The Balaban J connectivity index is 4.62. The summed E-state index contributed by atoms with van der Waals surface area (Å²) in [5.41, 5.74) is 0. The number of carbonyl (C=O) groups excluding carboxylic acids is 2. The Kier molecular flexibility index (Phi) is 54.0. The van der Waals surface area contributed by atoms with E-state index in [0.717, 1.165) is 96.3 Å². The van der Waals surface area contributed by atoms with E-state index in [-0.39, 0.29) is 24.9 Å². The van der Waals surface area contributed by atoms with Crippen LogP contribution in [-0.2, 0) is 14.3 Å². The molecule has 400 valence electrons. The largest absolute Gasteiger partial charge is 0.462 e. The number of ether oxygens (including phenoxy) is 1. The molecule has 0 aliphatic heterocycles. The van der Waals surface area contributed by atoms with Gasteiger partial charge in [-0.15, -0.1) is 0 Å². The lowest BCUT2D eigenvalue weighted by molar-refractivity contribution is -0.151. The second-order valence-electron chi connectivity index (χ2n) is 20.0. The van der Waals surface area contributed by atoms with E-state index in [4.69, 9.17) is 4.74 Å². The summed E-state index contributed by atoms with van der Waals surface area (Å²) < 4.78 is 5.95. The molecule has 6 nitrogen and oxygen atoms in total. The Hall–Kier alpha value is -2.70. The van der Waals surface area contributed by atoms with Crippen molar-refractivity contribution in [2.75, 3.05) is 6.61 Å². The first kappa shape index (κ1) is 66.3. The molecule has 69 heavy (non-hydrogen) atoms. The third-order valence-electron chi connectivity index (χ3n) is 13.3. The number of esters is 1. The summed E-state index contributed by atoms with van der Waals surface area (Å²) >= 11 is 0. The van der Waals surface area contributed by atoms with Gasteiger partial charge < -0.3 is 20.3 Å². The van der Waals surface area contributed by atoms with Crippen LogP contribution in [0.1, 0.15) is 290 Å². The fourth-order valence-corrected chi connectivity index (χ4v) is 8.74. The molecule has 0 aromatic rings. The number of rotatable bonds is 53. The smallest absolute Gasteiger partial charge is 0.306 e. The summed E-state index contributed by atoms with van der Waals surface area (Å²) in [6.45, 7) is 6.44. The van der Waals surface area contributed by atoms with Crippen molar-refractivity contribution in [3.05, 3.63) is 72.9 Å². The molecule has 0 saturated heterocycles. The van der Waals surface area contributed by atoms with Crippen molar-refractivity contribution >= 4 is 11.9 Å². The number of carbonyl (C=O) groups is 2. The van der Waals surface area contributed by atoms with Crippen LogP contribution in [0.5, 0.6) is 0 Å². The van der Waals surface area contributed by atoms with Crippen LogP contribution in [0.25, 0.3) is 0 Å². The Bertz CT molecular complexity index is 1270. The summed E-state index contributed by atoms with van der Waals surface area (Å²) in [7, 11) is 0. The average molecular weight is 965 g/mol. The minimum absolute atomic E-state index is 0.0535. The maximum absolute atomic E-state index is 13.3. The fraction of sp³-hybridized carbons (Fsp3) is 0.778. The highest BCUT2D eigenvalue weighted by Crippen LogP contribution is 2.18. The highest BCUT2D eigenvalue weighted by Gasteiger charge is 2.24. The van der Waals surface area contributed by atoms with Crippen molar-refractivity contribution in [3.63, 3.8) is 0 Å². The van der Waals surface area contributed by atoms with Gasteiger partial charge in [0.1, 0.15) is 6.10 Å². The zero-order valence-electron chi connectivity index (χ0n) is 45.7. The summed E-state index contributed by atoms with van der Waals surface area (Å²) in [4.78, 5) is 26.3. The molecular formula is C63H113NO5. The molecule has 0 rings (SSSR count). The van der Waals surface area contributed by atoms with Gasteiger partial charge >= 0.3 is 5.97 Å². The second-order valence-corrected chi connectivity index (χ2v) is 20.0. The van der Waals surface area contributed by atoms with Gasteiger partial charge in [0.15, 0.2) is 0 Å². The van der Waals surface area contributed by atoms with Gasteiger partial charge in [0, 0.05) is 6.42 Å². The van der Waals surface area contributed by atoms with E-state index in [0.29, 0.717) is 19.3 Å². The summed E-state index contributed by atoms with van der Waals surface area (Å²) in [5, 5.41) is 23.9. The maximum Gasteiger partial charge on any atom is 0.306 e. The van der Waals surface area contributed by atoms with E-state index in [1.165, 1.54) is 148 Å². The van der Waals surface area contributed by atoms with Crippen LogP contribution in [0.3, 0.4) is 0 Å². The van der Waals surface area contributed by atoms with Crippen molar-refractivity contribution in [1.82, 2.24) is 5.32 Å². The lowest BCUT2D eigenvalue weighted by Crippen LogP contribution is -2.46. The number of allylic oxidation sites excluding steroid dienone is 12. The molecule has 0 fully saturated rings. The first-order valence-corrected chi connectivity index (χ1v) is 29.7. The minimum Gasteiger partial charge on any atom is -0.462 e. The molecule has 0 bridgehead atoms. The van der Waals surface area contributed by atoms with Crippen LogP contribution in [-0.4, -0.2) is 46.9 Å². The lowest BCUT2D eigenvalue weighted by atomic mass is 10.0. The number of hydrogen-bond donors (Lipinski definition) is 3. The predicted octanol–water partition coefficient (Wildman–Crippen LogP) is 18.5. The van der Waals surface area contributed by atoms with Crippen LogP contribution >= 0.6 is 0 Å². The number of nitrogens with one attached hydrogen (secondary N) is 1. The third-order valence-corrected chi connectivity index (χ3v) is 13.3. The van der Waals surface area contributed by atoms with Crippen LogP contribution in [0, 0.1) is 0 Å². The molecule has 0 heterocycles. The second kappa shape index (κ2) is 56.2. The number of amides is 1. The van der Waals surface area contributed by atoms with E-state index >= 15 is 0 Å². The van der Waals surface area contributed by atoms with Gasteiger partial charge in [-0.25, -0.2) is 0 Å². The maximum atomic E-state index is 13.3. The normalized spacial score (nSPS) is 13.6. The molecule has 0 spiro atoms. The van der Waals surface area contributed by atoms with Gasteiger partial charge in [0.05, 0.1) is 25.2 Å². The van der Waals surface area contributed by atoms with Crippen LogP contribution in [0.4, 0.5) is 0 Å². The minimum atomic E-state index is -0.801. The molecule has 6 heteroatoms.